The Bertz CT molecular complexity index is 791. The molecule has 1 aliphatic heterocycles. The fourth-order valence-corrected chi connectivity index (χ4v) is 3.95. The zero-order valence-corrected chi connectivity index (χ0v) is 18.5. The Kier molecular flexibility index (Phi) is 9.21. The fraction of sp³-hybridized carbons (Fsp3) is 0.522. The number of benzene rings is 2. The molecule has 1 saturated heterocycles. The first-order chi connectivity index (χ1) is 13.6. The number of rotatable bonds is 8. The minimum Gasteiger partial charge on any atom is -0.493 e. The third-order valence-electron chi connectivity index (χ3n) is 5.28. The molecule has 1 amide bonds. The van der Waals surface area contributed by atoms with Gasteiger partial charge in [0, 0.05) is 49.7 Å². The molecule has 0 aromatic heterocycles. The van der Waals surface area contributed by atoms with Gasteiger partial charge in [0.25, 0.3) is 5.91 Å². The molecule has 0 aliphatic carbocycles. The molecule has 3 rings (SSSR count). The van der Waals surface area contributed by atoms with Gasteiger partial charge in [-0.1, -0.05) is 24.3 Å². The van der Waals surface area contributed by atoms with E-state index in [0.717, 1.165) is 48.9 Å². The van der Waals surface area contributed by atoms with Crippen molar-refractivity contribution in [2.45, 2.75) is 45.2 Å². The van der Waals surface area contributed by atoms with Crippen LogP contribution in [0.3, 0.4) is 0 Å². The summed E-state index contributed by atoms with van der Waals surface area (Å²) in [4.78, 5) is 15.5. The van der Waals surface area contributed by atoms with Crippen LogP contribution in [0.15, 0.2) is 36.4 Å². The second kappa shape index (κ2) is 11.4. The quantitative estimate of drug-likeness (QED) is 0.647. The van der Waals surface area contributed by atoms with Crippen molar-refractivity contribution >= 4 is 29.1 Å². The molecule has 0 bridgehead atoms. The van der Waals surface area contributed by atoms with Crippen LogP contribution in [0.5, 0.6) is 5.75 Å². The van der Waals surface area contributed by atoms with Crippen molar-refractivity contribution < 1.29 is 14.3 Å². The zero-order chi connectivity index (χ0) is 19.9. The minimum absolute atomic E-state index is 0. The largest absolute Gasteiger partial charge is 0.493 e. The molecule has 1 heterocycles. The van der Waals surface area contributed by atoms with Crippen molar-refractivity contribution in [3.8, 4) is 5.75 Å². The summed E-state index contributed by atoms with van der Waals surface area (Å²) in [6, 6.07) is 12.4. The second-order valence-electron chi connectivity index (χ2n) is 7.70. The fourth-order valence-electron chi connectivity index (χ4n) is 3.95. The van der Waals surface area contributed by atoms with E-state index < -0.39 is 0 Å². The number of hydrogen-bond acceptors (Lipinski definition) is 4. The maximum absolute atomic E-state index is 13.5. The second-order valence-corrected chi connectivity index (χ2v) is 7.70. The molecule has 0 unspecified atom stereocenters. The van der Waals surface area contributed by atoms with Crippen LogP contribution in [0, 0.1) is 0 Å². The number of piperidine rings is 1. The number of halogens is 1. The molecule has 29 heavy (non-hydrogen) atoms. The lowest BCUT2D eigenvalue weighted by Gasteiger charge is -2.37. The summed E-state index contributed by atoms with van der Waals surface area (Å²) in [7, 11) is 1.69. The molecule has 1 atom stereocenters. The van der Waals surface area contributed by atoms with Gasteiger partial charge in [0.15, 0.2) is 0 Å². The number of nitrogens with zero attached hydrogens (tertiary/aromatic N) is 1. The summed E-state index contributed by atoms with van der Waals surface area (Å²) in [5, 5.41) is 5.49. The van der Waals surface area contributed by atoms with E-state index in [1.807, 2.05) is 41.3 Å². The minimum atomic E-state index is 0. The standard InChI is InChI=1S/C23H32N2O3.ClH/c1-17(2)25(20-9-6-11-24-16-20)23(26)19-14-18-8-4-5-10-21(18)22(15-19)28-13-7-12-27-3;/h4-5,8,10,14-15,17,20,24H,6-7,9,11-13,16H2,1-3H3;1H/t20-;/m1./s1. The first kappa shape index (κ1) is 23.5. The van der Waals surface area contributed by atoms with Crippen LogP contribution >= 0.6 is 12.4 Å². The number of amides is 1. The molecule has 2 aromatic rings. The van der Waals surface area contributed by atoms with Crippen LogP contribution in [-0.4, -0.2) is 56.3 Å². The maximum atomic E-state index is 13.5. The summed E-state index contributed by atoms with van der Waals surface area (Å²) >= 11 is 0. The monoisotopic (exact) mass is 420 g/mol. The molecule has 5 nitrogen and oxygen atoms in total. The number of methoxy groups -OCH3 is 1. The molecule has 0 saturated carbocycles. The Morgan fingerprint density at radius 3 is 2.72 bits per heavy atom. The van der Waals surface area contributed by atoms with Crippen LogP contribution in [-0.2, 0) is 4.74 Å². The Hall–Kier alpha value is -1.82. The van der Waals surface area contributed by atoms with E-state index in [2.05, 4.69) is 19.2 Å². The summed E-state index contributed by atoms with van der Waals surface area (Å²) in [5.74, 6) is 0.847. The molecule has 1 N–H and O–H groups in total. The van der Waals surface area contributed by atoms with Crippen molar-refractivity contribution in [1.29, 1.82) is 0 Å². The van der Waals surface area contributed by atoms with Crippen LogP contribution < -0.4 is 10.1 Å². The summed E-state index contributed by atoms with van der Waals surface area (Å²) in [5.41, 5.74) is 0.694. The molecule has 160 valence electrons. The van der Waals surface area contributed by atoms with Crippen molar-refractivity contribution in [3.63, 3.8) is 0 Å². The Morgan fingerprint density at radius 2 is 2.03 bits per heavy atom. The van der Waals surface area contributed by atoms with Crippen LogP contribution in [0.1, 0.15) is 43.5 Å². The molecule has 2 aromatic carbocycles. The van der Waals surface area contributed by atoms with Crippen molar-refractivity contribution in [2.75, 3.05) is 33.4 Å². The smallest absolute Gasteiger partial charge is 0.254 e. The van der Waals surface area contributed by atoms with Crippen molar-refractivity contribution in [3.05, 3.63) is 42.0 Å². The predicted octanol–water partition coefficient (Wildman–Crippen LogP) is 4.28. The lowest BCUT2D eigenvalue weighted by Crippen LogP contribution is -2.51. The van der Waals surface area contributed by atoms with E-state index in [9.17, 15) is 4.79 Å². The summed E-state index contributed by atoms with van der Waals surface area (Å²) < 4.78 is 11.1. The average Bonchev–Trinajstić information content (AvgIpc) is 2.71. The molecular weight excluding hydrogens is 388 g/mol. The Labute approximate surface area is 180 Å². The number of nitrogens with one attached hydrogen (secondary N) is 1. The number of carbonyl (C=O) groups is 1. The molecule has 0 radical (unpaired) electrons. The van der Waals surface area contributed by atoms with Crippen LogP contribution in [0.25, 0.3) is 10.8 Å². The zero-order valence-electron chi connectivity index (χ0n) is 17.6. The Morgan fingerprint density at radius 1 is 1.24 bits per heavy atom. The van der Waals surface area contributed by atoms with Gasteiger partial charge in [-0.3, -0.25) is 4.79 Å². The predicted molar refractivity (Wildman–Crippen MR) is 120 cm³/mol. The van der Waals surface area contributed by atoms with Crippen molar-refractivity contribution in [1.82, 2.24) is 10.2 Å². The topological polar surface area (TPSA) is 50.8 Å². The first-order valence-electron chi connectivity index (χ1n) is 10.3. The SMILES string of the molecule is COCCCOc1cc(C(=O)N(C(C)C)[C@@H]2CCCNC2)cc2ccccc12.Cl. The van der Waals surface area contributed by atoms with Gasteiger partial charge in [0.1, 0.15) is 5.75 Å². The normalized spacial score (nSPS) is 16.5. The average molecular weight is 421 g/mol. The summed E-state index contributed by atoms with van der Waals surface area (Å²) in [6.45, 7) is 7.30. The van der Waals surface area contributed by atoms with E-state index in [1.54, 1.807) is 7.11 Å². The molecule has 6 heteroatoms. The van der Waals surface area contributed by atoms with Gasteiger partial charge in [-0.15, -0.1) is 12.4 Å². The highest BCUT2D eigenvalue weighted by Crippen LogP contribution is 2.29. The Balaban J connectivity index is 0.00000300. The van der Waals surface area contributed by atoms with Gasteiger partial charge in [-0.05, 0) is 50.8 Å². The van der Waals surface area contributed by atoms with Gasteiger partial charge >= 0.3 is 0 Å². The van der Waals surface area contributed by atoms with E-state index in [1.165, 1.54) is 0 Å². The number of carbonyl (C=O) groups excluding carboxylic acids is 1. The summed E-state index contributed by atoms with van der Waals surface area (Å²) in [6.07, 6.45) is 2.96. The third kappa shape index (κ3) is 5.84. The lowest BCUT2D eigenvalue weighted by molar-refractivity contribution is 0.0573. The lowest BCUT2D eigenvalue weighted by atomic mass is 10.0. The molecule has 1 fully saturated rings. The van der Waals surface area contributed by atoms with E-state index in [0.29, 0.717) is 18.8 Å². The maximum Gasteiger partial charge on any atom is 0.254 e. The number of fused-ring (bicyclic) bond motifs is 1. The van der Waals surface area contributed by atoms with Gasteiger partial charge in [-0.2, -0.15) is 0 Å². The van der Waals surface area contributed by atoms with Gasteiger partial charge in [-0.25, -0.2) is 0 Å². The van der Waals surface area contributed by atoms with Gasteiger partial charge in [0.05, 0.1) is 6.61 Å². The van der Waals surface area contributed by atoms with Crippen molar-refractivity contribution in [2.24, 2.45) is 0 Å². The van der Waals surface area contributed by atoms with Crippen LogP contribution in [0.2, 0.25) is 0 Å². The van der Waals surface area contributed by atoms with E-state index >= 15 is 0 Å². The highest BCUT2D eigenvalue weighted by Gasteiger charge is 2.28. The molecule has 1 aliphatic rings. The van der Waals surface area contributed by atoms with E-state index in [4.69, 9.17) is 9.47 Å². The first-order valence-corrected chi connectivity index (χ1v) is 10.3. The van der Waals surface area contributed by atoms with Crippen LogP contribution in [0.4, 0.5) is 0 Å². The van der Waals surface area contributed by atoms with Gasteiger partial charge < -0.3 is 19.7 Å². The highest BCUT2D eigenvalue weighted by molar-refractivity contribution is 6.01. The highest BCUT2D eigenvalue weighted by atomic mass is 35.5. The molecular formula is C23H33ClN2O3. The third-order valence-corrected chi connectivity index (χ3v) is 5.28. The van der Waals surface area contributed by atoms with Gasteiger partial charge in [0.2, 0.25) is 0 Å². The van der Waals surface area contributed by atoms with E-state index in [-0.39, 0.29) is 30.4 Å². The number of ether oxygens (including phenoxy) is 2. The number of hydrogen-bond donors (Lipinski definition) is 1. The molecule has 0 spiro atoms.